The molecular formula is C20H19ClFN5O. The fraction of sp³-hybridized carbons (Fsp3) is 0.250. The summed E-state index contributed by atoms with van der Waals surface area (Å²) in [5.41, 5.74) is 1.61. The van der Waals surface area contributed by atoms with Crippen molar-refractivity contribution in [2.24, 2.45) is 0 Å². The molecule has 1 aromatic heterocycles. The van der Waals surface area contributed by atoms with Gasteiger partial charge in [0.15, 0.2) is 0 Å². The summed E-state index contributed by atoms with van der Waals surface area (Å²) < 4.78 is 14.6. The molecule has 0 saturated carbocycles. The standard InChI is InChI=1S/C20H19ClFN5O/c21-16-3-1-15(2-4-16)13-27-14-23-19(24-20(27)28)26-11-9-25(10-12-26)18-7-5-17(22)6-8-18/h1-8,14H,9-13H2. The highest BCUT2D eigenvalue weighted by molar-refractivity contribution is 6.30. The summed E-state index contributed by atoms with van der Waals surface area (Å²) in [4.78, 5) is 25.1. The van der Waals surface area contributed by atoms with Crippen LogP contribution < -0.4 is 15.5 Å². The van der Waals surface area contributed by atoms with E-state index in [1.165, 1.54) is 23.0 Å². The van der Waals surface area contributed by atoms with Crippen molar-refractivity contribution in [2.75, 3.05) is 36.0 Å². The summed E-state index contributed by atoms with van der Waals surface area (Å²) >= 11 is 5.89. The van der Waals surface area contributed by atoms with Crippen LogP contribution in [0.4, 0.5) is 16.0 Å². The van der Waals surface area contributed by atoms with E-state index in [1.807, 2.05) is 17.0 Å². The van der Waals surface area contributed by atoms with Crippen molar-refractivity contribution in [3.05, 3.63) is 81.7 Å². The Balaban J connectivity index is 1.41. The summed E-state index contributed by atoms with van der Waals surface area (Å²) in [6, 6.07) is 13.8. The van der Waals surface area contributed by atoms with Gasteiger partial charge < -0.3 is 9.80 Å². The third-order valence-corrected chi connectivity index (χ3v) is 5.03. The summed E-state index contributed by atoms with van der Waals surface area (Å²) in [6.45, 7) is 3.29. The average molecular weight is 400 g/mol. The molecule has 1 aliphatic heterocycles. The Bertz CT molecular complexity index is 998. The van der Waals surface area contributed by atoms with Gasteiger partial charge in [0.25, 0.3) is 0 Å². The first-order chi connectivity index (χ1) is 13.6. The fourth-order valence-electron chi connectivity index (χ4n) is 3.21. The van der Waals surface area contributed by atoms with Gasteiger partial charge in [-0.2, -0.15) is 4.98 Å². The lowest BCUT2D eigenvalue weighted by atomic mass is 10.2. The van der Waals surface area contributed by atoms with Gasteiger partial charge in [0.1, 0.15) is 12.1 Å². The summed E-state index contributed by atoms with van der Waals surface area (Å²) in [5.74, 6) is 0.200. The van der Waals surface area contributed by atoms with Gasteiger partial charge in [-0.25, -0.2) is 14.2 Å². The molecule has 1 saturated heterocycles. The maximum Gasteiger partial charge on any atom is 0.352 e. The molecule has 1 aliphatic rings. The Morgan fingerprint density at radius 1 is 0.929 bits per heavy atom. The number of nitrogens with zero attached hydrogens (tertiary/aromatic N) is 5. The van der Waals surface area contributed by atoms with Gasteiger partial charge in [0, 0.05) is 36.9 Å². The van der Waals surface area contributed by atoms with Crippen molar-refractivity contribution in [3.63, 3.8) is 0 Å². The van der Waals surface area contributed by atoms with E-state index in [4.69, 9.17) is 11.6 Å². The third-order valence-electron chi connectivity index (χ3n) is 4.77. The zero-order valence-electron chi connectivity index (χ0n) is 15.1. The van der Waals surface area contributed by atoms with Crippen molar-refractivity contribution in [2.45, 2.75) is 6.54 Å². The highest BCUT2D eigenvalue weighted by atomic mass is 35.5. The average Bonchev–Trinajstić information content (AvgIpc) is 2.72. The largest absolute Gasteiger partial charge is 0.368 e. The minimum Gasteiger partial charge on any atom is -0.368 e. The molecule has 0 unspecified atom stereocenters. The Labute approximate surface area is 166 Å². The first-order valence-corrected chi connectivity index (χ1v) is 9.40. The molecule has 0 atom stereocenters. The van der Waals surface area contributed by atoms with E-state index < -0.39 is 0 Å². The zero-order valence-corrected chi connectivity index (χ0v) is 15.9. The van der Waals surface area contributed by atoms with E-state index in [1.54, 1.807) is 24.3 Å². The van der Waals surface area contributed by atoms with Gasteiger partial charge in [-0.3, -0.25) is 4.57 Å². The number of anilines is 2. The van der Waals surface area contributed by atoms with Crippen LogP contribution in [-0.4, -0.2) is 40.7 Å². The number of hydrogen-bond acceptors (Lipinski definition) is 5. The molecule has 1 fully saturated rings. The molecule has 0 N–H and O–H groups in total. The number of benzene rings is 2. The van der Waals surface area contributed by atoms with Gasteiger partial charge in [-0.15, -0.1) is 0 Å². The first kappa shape index (κ1) is 18.4. The van der Waals surface area contributed by atoms with E-state index in [0.29, 0.717) is 30.6 Å². The Morgan fingerprint density at radius 2 is 1.57 bits per heavy atom. The predicted octanol–water partition coefficient (Wildman–Crippen LogP) is 2.81. The van der Waals surface area contributed by atoms with Crippen molar-refractivity contribution in [3.8, 4) is 0 Å². The van der Waals surface area contributed by atoms with Crippen molar-refractivity contribution >= 4 is 23.2 Å². The molecule has 28 heavy (non-hydrogen) atoms. The van der Waals surface area contributed by atoms with Crippen LogP contribution in [0.25, 0.3) is 0 Å². The maximum atomic E-state index is 13.1. The second-order valence-corrected chi connectivity index (χ2v) is 7.08. The fourth-order valence-corrected chi connectivity index (χ4v) is 3.34. The summed E-state index contributed by atoms with van der Waals surface area (Å²) in [5, 5.41) is 0.655. The van der Waals surface area contributed by atoms with Gasteiger partial charge in [-0.1, -0.05) is 23.7 Å². The topological polar surface area (TPSA) is 54.3 Å². The van der Waals surface area contributed by atoms with E-state index in [9.17, 15) is 9.18 Å². The van der Waals surface area contributed by atoms with Crippen LogP contribution in [0, 0.1) is 5.82 Å². The molecule has 3 aromatic rings. The van der Waals surface area contributed by atoms with Crippen molar-refractivity contribution < 1.29 is 4.39 Å². The molecule has 144 valence electrons. The Morgan fingerprint density at radius 3 is 2.21 bits per heavy atom. The van der Waals surface area contributed by atoms with Gasteiger partial charge in [0.05, 0.1) is 6.54 Å². The number of halogens is 2. The maximum absolute atomic E-state index is 13.1. The minimum atomic E-state index is -0.332. The highest BCUT2D eigenvalue weighted by Gasteiger charge is 2.20. The zero-order chi connectivity index (χ0) is 19.5. The SMILES string of the molecule is O=c1nc(N2CCN(c3ccc(F)cc3)CC2)ncn1Cc1ccc(Cl)cc1. The van der Waals surface area contributed by atoms with Crippen LogP contribution in [0.2, 0.25) is 5.02 Å². The van der Waals surface area contributed by atoms with Crippen LogP contribution in [-0.2, 0) is 6.54 Å². The minimum absolute atomic E-state index is 0.241. The van der Waals surface area contributed by atoms with Crippen LogP contribution in [0.3, 0.4) is 0 Å². The quantitative estimate of drug-likeness (QED) is 0.675. The predicted molar refractivity (Wildman–Crippen MR) is 108 cm³/mol. The number of aromatic nitrogens is 3. The second kappa shape index (κ2) is 7.98. The van der Waals surface area contributed by atoms with Crippen LogP contribution in [0.1, 0.15) is 5.56 Å². The van der Waals surface area contributed by atoms with Gasteiger partial charge >= 0.3 is 5.69 Å². The number of hydrogen-bond donors (Lipinski definition) is 0. The van der Waals surface area contributed by atoms with Crippen LogP contribution in [0.15, 0.2) is 59.7 Å². The Hall–Kier alpha value is -2.93. The summed E-state index contributed by atoms with van der Waals surface area (Å²) in [6.07, 6.45) is 1.53. The van der Waals surface area contributed by atoms with Gasteiger partial charge in [-0.05, 0) is 42.0 Å². The van der Waals surface area contributed by atoms with Crippen molar-refractivity contribution in [1.82, 2.24) is 14.5 Å². The summed E-state index contributed by atoms with van der Waals surface area (Å²) in [7, 11) is 0. The molecule has 8 heteroatoms. The monoisotopic (exact) mass is 399 g/mol. The van der Waals surface area contributed by atoms with Gasteiger partial charge in [0.2, 0.25) is 5.95 Å². The third kappa shape index (κ3) is 4.14. The lowest BCUT2D eigenvalue weighted by Gasteiger charge is -2.36. The molecule has 0 spiro atoms. The molecule has 0 aliphatic carbocycles. The number of piperazine rings is 1. The smallest absolute Gasteiger partial charge is 0.352 e. The lowest BCUT2D eigenvalue weighted by molar-refractivity contribution is 0.617. The molecule has 6 nitrogen and oxygen atoms in total. The van der Waals surface area contributed by atoms with E-state index in [2.05, 4.69) is 14.9 Å². The first-order valence-electron chi connectivity index (χ1n) is 9.02. The van der Waals surface area contributed by atoms with E-state index >= 15 is 0 Å². The van der Waals surface area contributed by atoms with Crippen LogP contribution in [0.5, 0.6) is 0 Å². The van der Waals surface area contributed by atoms with E-state index in [-0.39, 0.29) is 11.5 Å². The Kier molecular flexibility index (Phi) is 5.25. The lowest BCUT2D eigenvalue weighted by Crippen LogP contribution is -2.47. The van der Waals surface area contributed by atoms with Crippen molar-refractivity contribution in [1.29, 1.82) is 0 Å². The molecule has 0 radical (unpaired) electrons. The molecule has 2 heterocycles. The molecule has 4 rings (SSSR count). The second-order valence-electron chi connectivity index (χ2n) is 6.64. The normalized spacial score (nSPS) is 14.4. The number of rotatable bonds is 4. The molecule has 0 amide bonds. The molecule has 0 bridgehead atoms. The molecular weight excluding hydrogens is 381 g/mol. The van der Waals surface area contributed by atoms with E-state index in [0.717, 1.165) is 24.3 Å². The molecule has 2 aromatic carbocycles. The van der Waals surface area contributed by atoms with Crippen LogP contribution >= 0.6 is 11.6 Å². The highest BCUT2D eigenvalue weighted by Crippen LogP contribution is 2.18.